The number of carbonyl (C=O) groups is 1. The lowest BCUT2D eigenvalue weighted by Crippen LogP contribution is -2.43. The molecule has 3 nitrogen and oxygen atoms in total. The molecule has 0 aromatic heterocycles. The van der Waals surface area contributed by atoms with Gasteiger partial charge in [0.05, 0.1) is 0 Å². The minimum atomic E-state index is -0.936. The van der Waals surface area contributed by atoms with Crippen molar-refractivity contribution in [2.45, 2.75) is 39.8 Å². The lowest BCUT2D eigenvalue weighted by molar-refractivity contribution is 0.123. The number of benzene rings is 6. The fraction of sp³-hybridized carbons (Fsp3) is 0.154. The van der Waals surface area contributed by atoms with Gasteiger partial charge < -0.3 is 9.64 Å². The van der Waals surface area contributed by atoms with Gasteiger partial charge >= 0.3 is 6.09 Å². The summed E-state index contributed by atoms with van der Waals surface area (Å²) in [5.41, 5.74) is 2.06. The normalized spacial score (nSPS) is 11.5. The summed E-state index contributed by atoms with van der Waals surface area (Å²) in [5, 5.41) is 8.21. The smallest absolute Gasteiger partial charge is 0.410 e. The van der Waals surface area contributed by atoms with Crippen LogP contribution in [0.4, 0.5) is 4.79 Å². The molecule has 0 N–H and O–H groups in total. The lowest BCUT2D eigenvalue weighted by Gasteiger charge is -2.30. The lowest BCUT2D eigenvalue weighted by atomic mass is 9.93. The van der Waals surface area contributed by atoms with Crippen LogP contribution in [0.2, 0.25) is 0 Å². The molecule has 6 rings (SSSR count). The van der Waals surface area contributed by atoms with Crippen LogP contribution in [0.3, 0.4) is 0 Å². The van der Waals surface area contributed by atoms with E-state index in [1.807, 2.05) is 33.8 Å². The highest BCUT2D eigenvalue weighted by Crippen LogP contribution is 2.45. The van der Waals surface area contributed by atoms with Crippen molar-refractivity contribution < 1.29 is 9.53 Å². The Morgan fingerprint density at radius 1 is 0.558 bits per heavy atom. The summed E-state index contributed by atoms with van der Waals surface area (Å²) in [4.78, 5) is 15.5. The van der Waals surface area contributed by atoms with Gasteiger partial charge in [0.1, 0.15) is 5.75 Å². The van der Waals surface area contributed by atoms with Crippen LogP contribution < -0.4 is 20.7 Å². The van der Waals surface area contributed by atoms with Gasteiger partial charge in [0.15, 0.2) is 0 Å². The summed E-state index contributed by atoms with van der Waals surface area (Å²) >= 11 is 0. The second-order valence-corrected chi connectivity index (χ2v) is 13.5. The average Bonchev–Trinajstić information content (AvgIpc) is 3.02. The zero-order valence-corrected chi connectivity index (χ0v) is 26.0. The molecular weight excluding hydrogens is 545 g/mol. The van der Waals surface area contributed by atoms with Crippen LogP contribution in [0.5, 0.6) is 5.75 Å². The Hall–Kier alpha value is -4.46. The molecule has 0 unspecified atom stereocenters. The molecule has 0 spiro atoms. The van der Waals surface area contributed by atoms with Crippen LogP contribution in [-0.4, -0.2) is 23.1 Å². The number of rotatable bonds is 7. The topological polar surface area (TPSA) is 29.5 Å². The van der Waals surface area contributed by atoms with E-state index in [-0.39, 0.29) is 18.2 Å². The first kappa shape index (κ1) is 28.6. The molecule has 0 heterocycles. The second kappa shape index (κ2) is 12.4. The quantitative estimate of drug-likeness (QED) is 0.176. The molecule has 0 aliphatic heterocycles. The highest BCUT2D eigenvalue weighted by atomic mass is 31.1. The van der Waals surface area contributed by atoms with E-state index in [2.05, 4.69) is 127 Å². The molecule has 0 atom stereocenters. The molecule has 0 saturated heterocycles. The van der Waals surface area contributed by atoms with Gasteiger partial charge in [-0.05, 0) is 79.1 Å². The predicted molar refractivity (Wildman–Crippen MR) is 184 cm³/mol. The molecular formula is C39H36NO2P. The molecule has 0 aliphatic rings. The van der Waals surface area contributed by atoms with E-state index in [4.69, 9.17) is 4.74 Å². The Morgan fingerprint density at radius 3 is 1.56 bits per heavy atom. The van der Waals surface area contributed by atoms with Crippen LogP contribution >= 0.6 is 7.92 Å². The summed E-state index contributed by atoms with van der Waals surface area (Å²) in [5.74, 6) is 0.573. The molecule has 4 heteroatoms. The van der Waals surface area contributed by atoms with E-state index in [9.17, 15) is 4.79 Å². The monoisotopic (exact) mass is 581 g/mol. The van der Waals surface area contributed by atoms with Gasteiger partial charge in [-0.1, -0.05) is 127 Å². The van der Waals surface area contributed by atoms with E-state index < -0.39 is 7.92 Å². The van der Waals surface area contributed by atoms with Crippen LogP contribution in [0.25, 0.3) is 32.7 Å². The fourth-order valence-corrected chi connectivity index (χ4v) is 8.52. The molecule has 0 radical (unpaired) electrons. The summed E-state index contributed by atoms with van der Waals surface area (Å²) in [6, 6.07) is 47.0. The first-order chi connectivity index (χ1) is 20.9. The maximum absolute atomic E-state index is 13.7. The Bertz CT molecular complexity index is 1840. The van der Waals surface area contributed by atoms with Gasteiger partial charge in [0.25, 0.3) is 0 Å². The van der Waals surface area contributed by atoms with Gasteiger partial charge in [0, 0.05) is 23.2 Å². The number of nitrogens with zero attached hydrogens (tertiary/aromatic N) is 1. The summed E-state index contributed by atoms with van der Waals surface area (Å²) in [6.45, 7) is 8.10. The van der Waals surface area contributed by atoms with Gasteiger partial charge in [-0.2, -0.15) is 0 Å². The van der Waals surface area contributed by atoms with E-state index >= 15 is 0 Å². The van der Waals surface area contributed by atoms with Crippen molar-refractivity contribution in [3.8, 4) is 16.9 Å². The molecule has 43 heavy (non-hydrogen) atoms. The number of amides is 1. The van der Waals surface area contributed by atoms with Crippen molar-refractivity contribution in [2.75, 3.05) is 0 Å². The Balaban J connectivity index is 1.69. The molecule has 0 fully saturated rings. The maximum Gasteiger partial charge on any atom is 0.415 e. The molecule has 1 amide bonds. The SMILES string of the molecule is CC(C)N(C(=O)Oc1ccc2ccccc2c1-c1c(P(c2ccccc2)c2ccccc2)ccc2ccccc12)C(C)C. The van der Waals surface area contributed by atoms with Gasteiger partial charge in [0.2, 0.25) is 0 Å². The minimum absolute atomic E-state index is 0.00789. The zero-order chi connectivity index (χ0) is 29.9. The van der Waals surface area contributed by atoms with Crippen molar-refractivity contribution in [2.24, 2.45) is 0 Å². The highest BCUT2D eigenvalue weighted by Gasteiger charge is 2.28. The first-order valence-corrected chi connectivity index (χ1v) is 16.2. The predicted octanol–water partition coefficient (Wildman–Crippen LogP) is 9.04. The Labute approximate surface area is 255 Å². The van der Waals surface area contributed by atoms with Crippen molar-refractivity contribution in [1.82, 2.24) is 4.90 Å². The molecule has 214 valence electrons. The molecule has 0 aliphatic carbocycles. The van der Waals surface area contributed by atoms with Gasteiger partial charge in [-0.25, -0.2) is 4.79 Å². The molecule has 0 bridgehead atoms. The van der Waals surface area contributed by atoms with Crippen LogP contribution in [0.15, 0.2) is 133 Å². The van der Waals surface area contributed by atoms with Crippen LogP contribution in [0, 0.1) is 0 Å². The van der Waals surface area contributed by atoms with Crippen molar-refractivity contribution in [1.29, 1.82) is 0 Å². The summed E-state index contributed by atoms with van der Waals surface area (Å²) in [6.07, 6.45) is -0.336. The van der Waals surface area contributed by atoms with Crippen LogP contribution in [-0.2, 0) is 0 Å². The summed E-state index contributed by atoms with van der Waals surface area (Å²) < 4.78 is 6.38. The third-order valence-corrected chi connectivity index (χ3v) is 10.3. The number of ether oxygens (including phenoxy) is 1. The minimum Gasteiger partial charge on any atom is -0.410 e. The number of fused-ring (bicyclic) bond motifs is 2. The molecule has 6 aromatic carbocycles. The van der Waals surface area contributed by atoms with Gasteiger partial charge in [-0.3, -0.25) is 0 Å². The van der Waals surface area contributed by atoms with Crippen molar-refractivity contribution >= 4 is 51.5 Å². The number of carbonyl (C=O) groups excluding carboxylic acids is 1. The first-order valence-electron chi connectivity index (χ1n) is 14.9. The van der Waals surface area contributed by atoms with Gasteiger partial charge in [-0.15, -0.1) is 0 Å². The maximum atomic E-state index is 13.7. The molecule has 0 saturated carbocycles. The summed E-state index contributed by atoms with van der Waals surface area (Å²) in [7, 11) is -0.936. The van der Waals surface area contributed by atoms with E-state index in [0.29, 0.717) is 5.75 Å². The largest absolute Gasteiger partial charge is 0.415 e. The molecule has 6 aromatic rings. The van der Waals surface area contributed by atoms with Crippen molar-refractivity contribution in [3.05, 3.63) is 133 Å². The number of hydrogen-bond donors (Lipinski definition) is 0. The number of hydrogen-bond acceptors (Lipinski definition) is 2. The van der Waals surface area contributed by atoms with Crippen LogP contribution in [0.1, 0.15) is 27.7 Å². The van der Waals surface area contributed by atoms with E-state index in [0.717, 1.165) is 32.7 Å². The third-order valence-electron chi connectivity index (χ3n) is 7.84. The van der Waals surface area contributed by atoms with Crippen molar-refractivity contribution in [3.63, 3.8) is 0 Å². The standard InChI is InChI=1S/C39H36NO2P/c1-27(2)40(28(3)4)39(41)42-35-25-23-29-15-11-13-21-33(29)37(35)38-34-22-14-12-16-30(34)24-26-36(38)43(31-17-7-5-8-18-31)32-19-9-6-10-20-32/h5-28H,1-4H3. The zero-order valence-electron chi connectivity index (χ0n) is 25.1. The third kappa shape index (κ3) is 5.66. The Kier molecular flexibility index (Phi) is 8.27. The van der Waals surface area contributed by atoms with E-state index in [1.165, 1.54) is 15.9 Å². The fourth-order valence-electron chi connectivity index (χ4n) is 6.05. The average molecular weight is 582 g/mol. The second-order valence-electron chi connectivity index (χ2n) is 11.3. The van der Waals surface area contributed by atoms with E-state index in [1.54, 1.807) is 4.90 Å². The highest BCUT2D eigenvalue weighted by molar-refractivity contribution is 7.80. The Morgan fingerprint density at radius 2 is 1.02 bits per heavy atom.